The Morgan fingerprint density at radius 2 is 1.48 bits per heavy atom. The van der Waals surface area contributed by atoms with Crippen molar-refractivity contribution in [1.29, 1.82) is 0 Å². The number of ether oxygens (including phenoxy) is 2. The highest BCUT2D eigenvalue weighted by Gasteiger charge is 2.34. The van der Waals surface area contributed by atoms with Gasteiger partial charge in [0, 0.05) is 0 Å². The largest absolute Gasteiger partial charge is 0.481 e. The lowest BCUT2D eigenvalue weighted by molar-refractivity contribution is -0.144. The van der Waals surface area contributed by atoms with E-state index >= 15 is 0 Å². The molecular formula is C26H38NO5P. The maximum Gasteiger partial charge on any atom is 0.354 e. The van der Waals surface area contributed by atoms with Crippen molar-refractivity contribution in [2.24, 2.45) is 0 Å². The Morgan fingerprint density at radius 1 is 0.909 bits per heavy atom. The molecule has 182 valence electrons. The zero-order chi connectivity index (χ0) is 24.4. The van der Waals surface area contributed by atoms with Crippen LogP contribution in [0.5, 0.6) is 11.5 Å². The molecule has 0 aromatic heterocycles. The second-order valence-corrected chi connectivity index (χ2v) is 10.4. The fourth-order valence-electron chi connectivity index (χ4n) is 3.42. The van der Waals surface area contributed by atoms with Gasteiger partial charge in [0.05, 0.1) is 6.61 Å². The first-order valence-electron chi connectivity index (χ1n) is 11.8. The van der Waals surface area contributed by atoms with Gasteiger partial charge in [-0.3, -0.25) is 9.36 Å². The Labute approximate surface area is 198 Å². The van der Waals surface area contributed by atoms with Crippen molar-refractivity contribution in [3.8, 4) is 11.5 Å². The van der Waals surface area contributed by atoms with Gasteiger partial charge >= 0.3 is 13.5 Å². The van der Waals surface area contributed by atoms with E-state index in [1.165, 1.54) is 0 Å². The van der Waals surface area contributed by atoms with Crippen LogP contribution >= 0.6 is 7.52 Å². The summed E-state index contributed by atoms with van der Waals surface area (Å²) >= 11 is 0. The summed E-state index contributed by atoms with van der Waals surface area (Å²) in [6, 6.07) is 14.4. The van der Waals surface area contributed by atoms with Gasteiger partial charge in [0.2, 0.25) is 0 Å². The van der Waals surface area contributed by atoms with Crippen LogP contribution in [-0.2, 0) is 14.1 Å². The Balaban J connectivity index is 2.46. The number of esters is 1. The molecule has 0 aliphatic heterocycles. The van der Waals surface area contributed by atoms with Gasteiger partial charge in [-0.1, -0.05) is 64.1 Å². The lowest BCUT2D eigenvalue weighted by atomic mass is 9.90. The molecule has 0 heterocycles. The van der Waals surface area contributed by atoms with Crippen molar-refractivity contribution in [3.05, 3.63) is 59.7 Å². The fourth-order valence-corrected chi connectivity index (χ4v) is 5.12. The lowest BCUT2D eigenvalue weighted by Crippen LogP contribution is -2.36. The molecule has 0 spiro atoms. The van der Waals surface area contributed by atoms with E-state index in [0.717, 1.165) is 24.0 Å². The molecule has 6 nitrogen and oxygen atoms in total. The van der Waals surface area contributed by atoms with Crippen LogP contribution in [0.1, 0.15) is 77.3 Å². The minimum atomic E-state index is -3.67. The molecule has 2 aromatic rings. The van der Waals surface area contributed by atoms with Gasteiger partial charge < -0.3 is 14.0 Å². The number of hydrogen-bond acceptors (Lipinski definition) is 5. The first kappa shape index (κ1) is 26.9. The summed E-state index contributed by atoms with van der Waals surface area (Å²) in [6.45, 7) is 12.1. The van der Waals surface area contributed by atoms with Crippen molar-refractivity contribution in [1.82, 2.24) is 5.09 Å². The Bertz CT molecular complexity index is 905. The minimum absolute atomic E-state index is 0.218. The highest BCUT2D eigenvalue weighted by Crippen LogP contribution is 2.49. The Morgan fingerprint density at radius 3 is 2.00 bits per heavy atom. The van der Waals surface area contributed by atoms with Crippen molar-refractivity contribution >= 4 is 13.5 Å². The monoisotopic (exact) mass is 475 g/mol. The van der Waals surface area contributed by atoms with Crippen LogP contribution in [0.4, 0.5) is 0 Å². The van der Waals surface area contributed by atoms with Crippen molar-refractivity contribution in [2.45, 2.75) is 72.3 Å². The average molecular weight is 476 g/mol. The van der Waals surface area contributed by atoms with Crippen molar-refractivity contribution in [3.63, 3.8) is 0 Å². The number of nitrogens with one attached hydrogen (secondary N) is 1. The summed E-state index contributed by atoms with van der Waals surface area (Å²) in [7, 11) is -3.67. The normalized spacial score (nSPS) is 15.7. The molecule has 0 bridgehead atoms. The van der Waals surface area contributed by atoms with E-state index in [9.17, 15) is 9.36 Å². The van der Waals surface area contributed by atoms with E-state index in [1.807, 2.05) is 36.4 Å². The minimum Gasteiger partial charge on any atom is -0.481 e. The Hall–Kier alpha value is -2.30. The zero-order valence-corrected chi connectivity index (χ0v) is 21.6. The highest BCUT2D eigenvalue weighted by atomic mass is 31.2. The molecule has 4 atom stereocenters. The molecule has 1 N–H and O–H groups in total. The maximum absolute atomic E-state index is 14.1. The topological polar surface area (TPSA) is 73.9 Å². The van der Waals surface area contributed by atoms with Crippen molar-refractivity contribution < 1.29 is 23.4 Å². The SMILES string of the molecule is CCOC(=O)[C@H](C)NP(=O)(COc1ccccc1)Oc1c(C(C)CC)cccc1C(C)CC. The zero-order valence-electron chi connectivity index (χ0n) is 20.7. The van der Waals surface area contributed by atoms with Gasteiger partial charge in [-0.25, -0.2) is 5.09 Å². The van der Waals surface area contributed by atoms with E-state index in [0.29, 0.717) is 11.5 Å². The number of hydrogen-bond donors (Lipinski definition) is 1. The second-order valence-electron chi connectivity index (χ2n) is 8.34. The van der Waals surface area contributed by atoms with Gasteiger partial charge in [-0.05, 0) is 61.8 Å². The lowest BCUT2D eigenvalue weighted by Gasteiger charge is -2.28. The molecule has 3 unspecified atom stereocenters. The van der Waals surface area contributed by atoms with Gasteiger partial charge in [0.1, 0.15) is 17.5 Å². The number of benzene rings is 2. The molecule has 7 heteroatoms. The van der Waals surface area contributed by atoms with E-state index in [4.69, 9.17) is 14.0 Å². The summed E-state index contributed by atoms with van der Waals surface area (Å²) < 4.78 is 31.4. The van der Waals surface area contributed by atoms with E-state index in [-0.39, 0.29) is 24.8 Å². The predicted octanol–water partition coefficient (Wildman–Crippen LogP) is 6.86. The highest BCUT2D eigenvalue weighted by molar-refractivity contribution is 7.57. The van der Waals surface area contributed by atoms with Gasteiger partial charge in [0.25, 0.3) is 0 Å². The standard InChI is InChI=1S/C26H38NO5P/c1-7-19(4)23-16-13-17-24(20(5)8-2)25(23)32-33(29,27-21(6)26(28)30-9-3)18-31-22-14-11-10-12-15-22/h10-17,19-21H,7-9,18H2,1-6H3,(H,27,29)/t19?,20?,21-,33?/m0/s1. The van der Waals surface area contributed by atoms with Crippen LogP contribution in [0.2, 0.25) is 0 Å². The van der Waals surface area contributed by atoms with E-state index < -0.39 is 19.5 Å². The first-order chi connectivity index (χ1) is 15.7. The number of carbonyl (C=O) groups excluding carboxylic acids is 1. The molecular weight excluding hydrogens is 437 g/mol. The van der Waals surface area contributed by atoms with Crippen molar-refractivity contribution in [2.75, 3.05) is 13.0 Å². The summed E-state index contributed by atoms with van der Waals surface area (Å²) in [5, 5.41) is 2.90. The molecule has 0 saturated carbocycles. The maximum atomic E-state index is 14.1. The average Bonchev–Trinajstić information content (AvgIpc) is 2.82. The second kappa shape index (κ2) is 12.8. The molecule has 0 aliphatic carbocycles. The van der Waals surface area contributed by atoms with Crippen LogP contribution in [-0.4, -0.2) is 25.0 Å². The molecule has 0 saturated heterocycles. The fraction of sp³-hybridized carbons (Fsp3) is 0.500. The van der Waals surface area contributed by atoms with E-state index in [2.05, 4.69) is 32.8 Å². The third-order valence-corrected chi connectivity index (χ3v) is 7.50. The van der Waals surface area contributed by atoms with E-state index in [1.54, 1.807) is 26.0 Å². The van der Waals surface area contributed by atoms with Gasteiger partial charge in [-0.15, -0.1) is 0 Å². The van der Waals surface area contributed by atoms with Crippen LogP contribution in [0.3, 0.4) is 0 Å². The molecule has 0 radical (unpaired) electrons. The Kier molecular flexibility index (Phi) is 10.5. The van der Waals surface area contributed by atoms with Gasteiger partial charge in [0.15, 0.2) is 6.35 Å². The van der Waals surface area contributed by atoms with Crippen LogP contribution in [0, 0.1) is 0 Å². The first-order valence-corrected chi connectivity index (χ1v) is 13.6. The number of carbonyl (C=O) groups is 1. The molecule has 0 fully saturated rings. The van der Waals surface area contributed by atoms with Crippen LogP contribution < -0.4 is 14.3 Å². The molecule has 33 heavy (non-hydrogen) atoms. The molecule has 2 rings (SSSR count). The summed E-state index contributed by atoms with van der Waals surface area (Å²) in [4.78, 5) is 12.3. The molecule has 0 amide bonds. The quantitative estimate of drug-likeness (QED) is 0.252. The summed E-state index contributed by atoms with van der Waals surface area (Å²) in [6.07, 6.45) is 1.60. The number of para-hydroxylation sites is 2. The third-order valence-electron chi connectivity index (χ3n) is 5.78. The van der Waals surface area contributed by atoms with Crippen LogP contribution in [0.25, 0.3) is 0 Å². The summed E-state index contributed by atoms with van der Waals surface area (Å²) in [5.74, 6) is 1.14. The summed E-state index contributed by atoms with van der Waals surface area (Å²) in [5.41, 5.74) is 2.00. The predicted molar refractivity (Wildman–Crippen MR) is 133 cm³/mol. The van der Waals surface area contributed by atoms with Gasteiger partial charge in [-0.2, -0.15) is 0 Å². The molecule has 0 aliphatic rings. The van der Waals surface area contributed by atoms with Crippen LogP contribution in [0.15, 0.2) is 48.5 Å². The molecule has 2 aromatic carbocycles. The third kappa shape index (κ3) is 7.62. The number of rotatable bonds is 13. The smallest absolute Gasteiger partial charge is 0.354 e.